The number of hydrogen-bond donors (Lipinski definition) is 0. The van der Waals surface area contributed by atoms with Gasteiger partial charge in [-0.3, -0.25) is 0 Å². The second-order valence-corrected chi connectivity index (χ2v) is 11.4. The average molecular weight is 522 g/mol. The number of anilines is 1. The predicted molar refractivity (Wildman–Crippen MR) is 148 cm³/mol. The molecular weight excluding hydrogens is 482 g/mol. The Morgan fingerprint density at radius 3 is 2.55 bits per heavy atom. The number of para-hydroxylation sites is 1. The summed E-state index contributed by atoms with van der Waals surface area (Å²) in [6.07, 6.45) is 3.73. The number of rotatable bonds is 5. The largest absolute Gasteiger partial charge is 0.494 e. The monoisotopic (exact) mass is 521 g/mol. The number of benzene rings is 1. The number of hydrogen-bond acceptors (Lipinski definition) is 7. The number of imidazole rings is 1. The molecule has 0 spiro atoms. The lowest BCUT2D eigenvalue weighted by Crippen LogP contribution is -2.48. The third kappa shape index (κ3) is 5.29. The number of carbonyl (C=O) groups excluding carboxylic acids is 1. The van der Waals surface area contributed by atoms with E-state index in [9.17, 15) is 4.79 Å². The van der Waals surface area contributed by atoms with Gasteiger partial charge in [0.15, 0.2) is 0 Å². The molecule has 3 aromatic rings. The first-order chi connectivity index (χ1) is 18.1. The number of methoxy groups -OCH3 is 1. The van der Waals surface area contributed by atoms with Crippen LogP contribution in [0.5, 0.6) is 5.75 Å². The highest BCUT2D eigenvalue weighted by atomic mass is 16.6. The lowest BCUT2D eigenvalue weighted by atomic mass is 10.2. The van der Waals surface area contributed by atoms with Gasteiger partial charge in [0.05, 0.1) is 38.4 Å². The third-order valence-corrected chi connectivity index (χ3v) is 7.35. The SMILES string of the molecule is COc1cccc2nc(-c3ccc(N4[C@@H](C)CC[C@@H]4C)nc3)n(CC3CN(C(=O)OC(C)(C)C)CCO3)c12. The van der Waals surface area contributed by atoms with Crippen LogP contribution in [0.25, 0.3) is 22.4 Å². The average Bonchev–Trinajstić information content (AvgIpc) is 3.42. The van der Waals surface area contributed by atoms with Crippen molar-refractivity contribution in [1.29, 1.82) is 0 Å². The number of fused-ring (bicyclic) bond motifs is 1. The van der Waals surface area contributed by atoms with Crippen LogP contribution in [0.1, 0.15) is 47.5 Å². The van der Waals surface area contributed by atoms with E-state index < -0.39 is 5.60 Å². The molecule has 2 aliphatic heterocycles. The Kier molecular flexibility index (Phi) is 7.22. The zero-order chi connectivity index (χ0) is 27.0. The molecule has 0 aliphatic carbocycles. The van der Waals surface area contributed by atoms with Gasteiger partial charge in [-0.25, -0.2) is 14.8 Å². The number of amides is 1. The van der Waals surface area contributed by atoms with Gasteiger partial charge in [-0.05, 0) is 71.7 Å². The van der Waals surface area contributed by atoms with Crippen molar-refractivity contribution in [3.05, 3.63) is 36.5 Å². The zero-order valence-electron chi connectivity index (χ0n) is 23.3. The van der Waals surface area contributed by atoms with E-state index in [1.807, 2.05) is 45.2 Å². The topological polar surface area (TPSA) is 82.0 Å². The van der Waals surface area contributed by atoms with Gasteiger partial charge in [0.25, 0.3) is 0 Å². The Labute approximate surface area is 224 Å². The molecular formula is C29H39N5O4. The van der Waals surface area contributed by atoms with Crippen molar-refractivity contribution in [2.24, 2.45) is 0 Å². The Hall–Kier alpha value is -3.33. The lowest BCUT2D eigenvalue weighted by Gasteiger charge is -2.34. The first kappa shape index (κ1) is 26.3. The van der Waals surface area contributed by atoms with Crippen LogP contribution >= 0.6 is 0 Å². The highest BCUT2D eigenvalue weighted by Crippen LogP contribution is 2.34. The lowest BCUT2D eigenvalue weighted by molar-refractivity contribution is -0.0468. The van der Waals surface area contributed by atoms with Gasteiger partial charge >= 0.3 is 6.09 Å². The fourth-order valence-corrected chi connectivity index (χ4v) is 5.56. The number of carbonyl (C=O) groups is 1. The zero-order valence-corrected chi connectivity index (χ0v) is 23.3. The summed E-state index contributed by atoms with van der Waals surface area (Å²) in [7, 11) is 1.67. The number of aromatic nitrogens is 3. The van der Waals surface area contributed by atoms with Gasteiger partial charge in [0.1, 0.15) is 28.5 Å². The first-order valence-electron chi connectivity index (χ1n) is 13.5. The van der Waals surface area contributed by atoms with Gasteiger partial charge in [0, 0.05) is 30.4 Å². The summed E-state index contributed by atoms with van der Waals surface area (Å²) in [5, 5.41) is 0. The van der Waals surface area contributed by atoms with E-state index in [1.54, 1.807) is 12.0 Å². The molecule has 0 radical (unpaired) electrons. The molecule has 2 fully saturated rings. The van der Waals surface area contributed by atoms with Crippen molar-refractivity contribution in [1.82, 2.24) is 19.4 Å². The molecule has 2 aromatic heterocycles. The van der Waals surface area contributed by atoms with Gasteiger partial charge < -0.3 is 28.6 Å². The maximum Gasteiger partial charge on any atom is 0.410 e. The number of ether oxygens (including phenoxy) is 3. The van der Waals surface area contributed by atoms with E-state index in [-0.39, 0.29) is 12.2 Å². The van der Waals surface area contributed by atoms with Gasteiger partial charge in [0.2, 0.25) is 0 Å². The summed E-state index contributed by atoms with van der Waals surface area (Å²) in [6.45, 7) is 12.1. The number of nitrogens with zero attached hydrogens (tertiary/aromatic N) is 5. The van der Waals surface area contributed by atoms with Gasteiger partial charge in [-0.1, -0.05) is 6.07 Å². The van der Waals surface area contributed by atoms with E-state index in [0.29, 0.717) is 38.3 Å². The molecule has 4 heterocycles. The summed E-state index contributed by atoms with van der Waals surface area (Å²) in [4.78, 5) is 26.7. The smallest absolute Gasteiger partial charge is 0.410 e. The van der Waals surface area contributed by atoms with Crippen LogP contribution in [0, 0.1) is 0 Å². The van der Waals surface area contributed by atoms with Gasteiger partial charge in [-0.2, -0.15) is 0 Å². The molecule has 2 saturated heterocycles. The highest BCUT2D eigenvalue weighted by molar-refractivity contribution is 5.86. The third-order valence-electron chi connectivity index (χ3n) is 7.35. The second-order valence-electron chi connectivity index (χ2n) is 11.4. The van der Waals surface area contributed by atoms with Crippen molar-refractivity contribution in [3.63, 3.8) is 0 Å². The Morgan fingerprint density at radius 1 is 1.13 bits per heavy atom. The van der Waals surface area contributed by atoms with E-state index in [4.69, 9.17) is 24.2 Å². The van der Waals surface area contributed by atoms with Crippen LogP contribution in [-0.4, -0.2) is 76.1 Å². The molecule has 9 heteroatoms. The molecule has 3 atom stereocenters. The van der Waals surface area contributed by atoms with Crippen LogP contribution < -0.4 is 9.64 Å². The maximum atomic E-state index is 12.7. The molecule has 1 unspecified atom stereocenters. The number of pyridine rings is 1. The van der Waals surface area contributed by atoms with E-state index in [2.05, 4.69) is 35.4 Å². The fraction of sp³-hybridized carbons (Fsp3) is 0.552. The Morgan fingerprint density at radius 2 is 1.89 bits per heavy atom. The minimum Gasteiger partial charge on any atom is -0.494 e. The van der Waals surface area contributed by atoms with E-state index in [0.717, 1.165) is 34.0 Å². The van der Waals surface area contributed by atoms with Crippen LogP contribution in [0.4, 0.5) is 10.6 Å². The first-order valence-corrected chi connectivity index (χ1v) is 13.5. The quantitative estimate of drug-likeness (QED) is 0.461. The normalized spacial score (nSPS) is 22.2. The molecule has 2 aliphatic rings. The maximum absolute atomic E-state index is 12.7. The Bertz CT molecular complexity index is 1270. The van der Waals surface area contributed by atoms with Crippen molar-refractivity contribution in [3.8, 4) is 17.1 Å². The fourth-order valence-electron chi connectivity index (χ4n) is 5.56. The van der Waals surface area contributed by atoms with Crippen LogP contribution in [-0.2, 0) is 16.0 Å². The number of morpholine rings is 1. The highest BCUT2D eigenvalue weighted by Gasteiger charge is 2.31. The summed E-state index contributed by atoms with van der Waals surface area (Å²) in [5.41, 5.74) is 2.11. The van der Waals surface area contributed by atoms with Crippen molar-refractivity contribution in [2.45, 2.75) is 77.8 Å². The minimum absolute atomic E-state index is 0.226. The summed E-state index contributed by atoms with van der Waals surface area (Å²) in [5.74, 6) is 2.53. The predicted octanol–water partition coefficient (Wildman–Crippen LogP) is 5.12. The summed E-state index contributed by atoms with van der Waals surface area (Å²) >= 11 is 0. The molecule has 1 amide bonds. The molecule has 5 rings (SSSR count). The van der Waals surface area contributed by atoms with E-state index in [1.165, 1.54) is 12.8 Å². The summed E-state index contributed by atoms with van der Waals surface area (Å²) < 4.78 is 19.6. The molecule has 38 heavy (non-hydrogen) atoms. The van der Waals surface area contributed by atoms with Crippen molar-refractivity contribution < 1.29 is 19.0 Å². The molecule has 0 N–H and O–H groups in total. The minimum atomic E-state index is -0.546. The molecule has 0 bridgehead atoms. The van der Waals surface area contributed by atoms with Crippen LogP contribution in [0.15, 0.2) is 36.5 Å². The Balaban J connectivity index is 1.46. The molecule has 0 saturated carbocycles. The van der Waals surface area contributed by atoms with Crippen molar-refractivity contribution >= 4 is 22.9 Å². The van der Waals surface area contributed by atoms with E-state index >= 15 is 0 Å². The molecule has 9 nitrogen and oxygen atoms in total. The standard InChI is InChI=1S/C29H39N5O4/c1-19-10-11-20(2)34(19)25-13-12-21(16-30-25)27-31-23-8-7-9-24(36-6)26(23)33(27)18-22-17-32(14-15-37-22)28(35)38-29(3,4)5/h7-9,12-13,16,19-20,22H,10-11,14-15,17-18H2,1-6H3/t19-,20-,22?/m0/s1. The second kappa shape index (κ2) is 10.4. The van der Waals surface area contributed by atoms with Gasteiger partial charge in [-0.15, -0.1) is 0 Å². The van der Waals surface area contributed by atoms with Crippen molar-refractivity contribution in [2.75, 3.05) is 31.7 Å². The molecule has 204 valence electrons. The summed E-state index contributed by atoms with van der Waals surface area (Å²) in [6, 6.07) is 11.0. The molecule has 1 aromatic carbocycles. The van der Waals surface area contributed by atoms with Crippen LogP contribution in [0.3, 0.4) is 0 Å². The van der Waals surface area contributed by atoms with Crippen LogP contribution in [0.2, 0.25) is 0 Å².